The lowest BCUT2D eigenvalue weighted by Gasteiger charge is -2.26. The summed E-state index contributed by atoms with van der Waals surface area (Å²) in [7, 11) is 0. The molecule has 0 saturated heterocycles. The van der Waals surface area contributed by atoms with Crippen LogP contribution in [0.1, 0.15) is 18.9 Å². The summed E-state index contributed by atoms with van der Waals surface area (Å²) in [5, 5.41) is 0. The van der Waals surface area contributed by atoms with Crippen molar-refractivity contribution in [2.45, 2.75) is 13.2 Å². The third kappa shape index (κ3) is 1.96. The number of hydrogen-bond donors (Lipinski definition) is 0. The molecule has 1 aliphatic heterocycles. The van der Waals surface area contributed by atoms with Crippen LogP contribution >= 0.6 is 0 Å². The summed E-state index contributed by atoms with van der Waals surface area (Å²) in [6.45, 7) is 2.50. The number of hydrogen-bond acceptors (Lipinski definition) is 4. The van der Waals surface area contributed by atoms with E-state index in [9.17, 15) is 0 Å². The number of benzene rings is 2. The quantitative estimate of drug-likeness (QED) is 0.716. The van der Waals surface area contributed by atoms with Gasteiger partial charge in [-0.2, -0.15) is 0 Å². The van der Waals surface area contributed by atoms with Gasteiger partial charge >= 0.3 is 0 Å². The van der Waals surface area contributed by atoms with Crippen molar-refractivity contribution in [2.75, 3.05) is 6.61 Å². The first-order chi connectivity index (χ1) is 10.4. The van der Waals surface area contributed by atoms with E-state index in [2.05, 4.69) is 0 Å². The van der Waals surface area contributed by atoms with Gasteiger partial charge < -0.3 is 9.47 Å². The summed E-state index contributed by atoms with van der Waals surface area (Å²) in [6.07, 6.45) is -0.503. The Kier molecular flexibility index (Phi) is 2.82. The molecule has 21 heavy (non-hydrogen) atoms. The topological polar surface area (TPSA) is 44.2 Å². The average Bonchev–Trinajstić information content (AvgIpc) is 2.54. The van der Waals surface area contributed by atoms with Crippen LogP contribution in [0.4, 0.5) is 0 Å². The Labute approximate surface area is 122 Å². The minimum absolute atomic E-state index is 0.503. The summed E-state index contributed by atoms with van der Waals surface area (Å²) < 4.78 is 11.6. The minimum Gasteiger partial charge on any atom is -0.458 e. The second-order valence-corrected chi connectivity index (χ2v) is 4.85. The zero-order chi connectivity index (χ0) is 14.2. The molecule has 1 aliphatic rings. The molecule has 104 valence electrons. The largest absolute Gasteiger partial charge is 0.458 e. The monoisotopic (exact) mass is 278 g/mol. The Morgan fingerprint density at radius 1 is 1.00 bits per heavy atom. The molecule has 0 N–H and O–H groups in total. The molecular weight excluding hydrogens is 264 g/mol. The van der Waals surface area contributed by atoms with Crippen molar-refractivity contribution in [3.8, 4) is 17.0 Å². The van der Waals surface area contributed by atoms with E-state index in [1.165, 1.54) is 0 Å². The lowest BCUT2D eigenvalue weighted by molar-refractivity contribution is -0.0829. The fraction of sp³-hybridized carbons (Fsp3) is 0.176. The molecule has 0 amide bonds. The van der Waals surface area contributed by atoms with Gasteiger partial charge in [0, 0.05) is 12.2 Å². The molecule has 0 fully saturated rings. The van der Waals surface area contributed by atoms with Crippen LogP contribution < -0.4 is 4.74 Å². The van der Waals surface area contributed by atoms with Gasteiger partial charge in [-0.25, -0.2) is 9.97 Å². The fourth-order valence-electron chi connectivity index (χ4n) is 2.58. The van der Waals surface area contributed by atoms with Gasteiger partial charge in [0.25, 0.3) is 0 Å². The molecule has 2 heterocycles. The van der Waals surface area contributed by atoms with Gasteiger partial charge in [0.2, 0.25) is 6.29 Å². The molecule has 4 nitrogen and oxygen atoms in total. The maximum Gasteiger partial charge on any atom is 0.246 e. The van der Waals surface area contributed by atoms with Crippen LogP contribution in [0.5, 0.6) is 5.75 Å². The Balaban J connectivity index is 2.00. The van der Waals surface area contributed by atoms with E-state index >= 15 is 0 Å². The molecule has 3 aromatic rings. The van der Waals surface area contributed by atoms with Gasteiger partial charge in [0.15, 0.2) is 0 Å². The van der Waals surface area contributed by atoms with Gasteiger partial charge in [-0.3, -0.25) is 0 Å². The van der Waals surface area contributed by atoms with Crippen molar-refractivity contribution < 1.29 is 9.47 Å². The molecule has 0 spiro atoms. The molecule has 0 saturated carbocycles. The van der Waals surface area contributed by atoms with Crippen LogP contribution in [-0.4, -0.2) is 16.6 Å². The van der Waals surface area contributed by atoms with E-state index in [4.69, 9.17) is 19.4 Å². The first-order valence-corrected chi connectivity index (χ1v) is 7.01. The Bertz CT molecular complexity index is 817. The van der Waals surface area contributed by atoms with E-state index in [1.54, 1.807) is 0 Å². The lowest BCUT2D eigenvalue weighted by Crippen LogP contribution is -2.19. The Hall–Kier alpha value is -2.46. The lowest BCUT2D eigenvalue weighted by atomic mass is 10.0. The number of fused-ring (bicyclic) bond motifs is 4. The smallest absolute Gasteiger partial charge is 0.246 e. The van der Waals surface area contributed by atoms with E-state index in [-0.39, 0.29) is 0 Å². The maximum atomic E-state index is 5.92. The highest BCUT2D eigenvalue weighted by Crippen LogP contribution is 2.41. The second-order valence-electron chi connectivity index (χ2n) is 4.85. The van der Waals surface area contributed by atoms with Gasteiger partial charge in [-0.05, 0) is 31.2 Å². The van der Waals surface area contributed by atoms with Gasteiger partial charge in [-0.15, -0.1) is 0 Å². The van der Waals surface area contributed by atoms with Crippen molar-refractivity contribution in [1.29, 1.82) is 0 Å². The van der Waals surface area contributed by atoms with Gasteiger partial charge in [0.05, 0.1) is 11.0 Å². The first kappa shape index (κ1) is 12.3. The molecule has 0 radical (unpaired) electrons. The molecule has 2 aromatic carbocycles. The minimum atomic E-state index is -0.503. The van der Waals surface area contributed by atoms with Crippen molar-refractivity contribution in [3.05, 3.63) is 54.2 Å². The van der Waals surface area contributed by atoms with Crippen LogP contribution in [0.15, 0.2) is 48.5 Å². The number of para-hydroxylation sites is 3. The predicted octanol–water partition coefficient (Wildman–Crippen LogP) is 3.72. The van der Waals surface area contributed by atoms with E-state index < -0.39 is 6.29 Å². The number of rotatable bonds is 2. The van der Waals surface area contributed by atoms with E-state index in [1.807, 2.05) is 55.5 Å². The Morgan fingerprint density at radius 2 is 1.71 bits per heavy atom. The van der Waals surface area contributed by atoms with E-state index in [0.717, 1.165) is 33.7 Å². The van der Waals surface area contributed by atoms with Crippen molar-refractivity contribution >= 4 is 11.0 Å². The SMILES string of the molecule is CCOC1Oc2ccccc2-c2nc3ccccc3nc21. The van der Waals surface area contributed by atoms with Crippen LogP contribution in [-0.2, 0) is 4.74 Å². The second kappa shape index (κ2) is 4.82. The van der Waals surface area contributed by atoms with Crippen molar-refractivity contribution in [1.82, 2.24) is 9.97 Å². The predicted molar refractivity (Wildman–Crippen MR) is 80.0 cm³/mol. The normalized spacial score (nSPS) is 16.1. The summed E-state index contributed by atoms with van der Waals surface area (Å²) >= 11 is 0. The molecule has 0 aliphatic carbocycles. The third-order valence-corrected chi connectivity index (χ3v) is 3.51. The van der Waals surface area contributed by atoms with Crippen LogP contribution in [0.25, 0.3) is 22.3 Å². The van der Waals surface area contributed by atoms with E-state index in [0.29, 0.717) is 6.61 Å². The Morgan fingerprint density at radius 3 is 2.52 bits per heavy atom. The number of aromatic nitrogens is 2. The van der Waals surface area contributed by atoms with Crippen LogP contribution in [0, 0.1) is 0 Å². The van der Waals surface area contributed by atoms with Crippen LogP contribution in [0.2, 0.25) is 0 Å². The van der Waals surface area contributed by atoms with Crippen molar-refractivity contribution in [2.24, 2.45) is 0 Å². The first-order valence-electron chi connectivity index (χ1n) is 7.01. The molecular formula is C17H14N2O2. The zero-order valence-corrected chi connectivity index (χ0v) is 11.6. The highest BCUT2D eigenvalue weighted by atomic mass is 16.7. The zero-order valence-electron chi connectivity index (χ0n) is 11.6. The number of ether oxygens (including phenoxy) is 2. The molecule has 4 heteroatoms. The molecule has 1 atom stereocenters. The van der Waals surface area contributed by atoms with Crippen molar-refractivity contribution in [3.63, 3.8) is 0 Å². The summed E-state index contributed by atoms with van der Waals surface area (Å²) in [5.74, 6) is 0.785. The maximum absolute atomic E-state index is 5.92. The molecule has 1 unspecified atom stereocenters. The highest BCUT2D eigenvalue weighted by molar-refractivity contribution is 5.80. The van der Waals surface area contributed by atoms with Crippen LogP contribution in [0.3, 0.4) is 0 Å². The fourth-order valence-corrected chi connectivity index (χ4v) is 2.58. The highest BCUT2D eigenvalue weighted by Gasteiger charge is 2.29. The van der Waals surface area contributed by atoms with Gasteiger partial charge in [0.1, 0.15) is 17.1 Å². The standard InChI is InChI=1S/C17H14N2O2/c1-2-20-17-16-15(11-7-3-6-10-14(11)21-17)18-12-8-4-5-9-13(12)19-16/h3-10,17H,2H2,1H3. The average molecular weight is 278 g/mol. The summed E-state index contributed by atoms with van der Waals surface area (Å²) in [4.78, 5) is 9.47. The van der Waals surface area contributed by atoms with Gasteiger partial charge in [-0.1, -0.05) is 24.3 Å². The summed E-state index contributed by atoms with van der Waals surface area (Å²) in [5.41, 5.74) is 4.28. The molecule has 4 rings (SSSR count). The summed E-state index contributed by atoms with van der Waals surface area (Å²) in [6, 6.07) is 15.7. The molecule has 1 aromatic heterocycles. The third-order valence-electron chi connectivity index (χ3n) is 3.51. The molecule has 0 bridgehead atoms. The number of nitrogens with zero attached hydrogens (tertiary/aromatic N) is 2.